The molecule has 2 aromatic rings. The molecule has 33 heavy (non-hydrogen) atoms. The minimum absolute atomic E-state index is 0.0433. The highest BCUT2D eigenvalue weighted by Gasteiger charge is 2.54. The van der Waals surface area contributed by atoms with Gasteiger partial charge in [-0.3, -0.25) is 4.79 Å². The zero-order valence-electron chi connectivity index (χ0n) is 18.7. The van der Waals surface area contributed by atoms with Crippen LogP contribution in [0.1, 0.15) is 59.1 Å². The molecule has 1 N–H and O–H groups in total. The van der Waals surface area contributed by atoms with Crippen molar-refractivity contribution in [1.82, 2.24) is 4.90 Å². The average Bonchev–Trinajstić information content (AvgIpc) is 3.19. The summed E-state index contributed by atoms with van der Waals surface area (Å²) < 4.78 is 32.6. The number of hydrogen-bond acceptors (Lipinski definition) is 5. The molecule has 2 saturated heterocycles. The van der Waals surface area contributed by atoms with Crippen LogP contribution in [0.3, 0.4) is 0 Å². The molecule has 0 unspecified atom stereocenters. The molecule has 2 fully saturated rings. The third kappa shape index (κ3) is 3.35. The van der Waals surface area contributed by atoms with Crippen molar-refractivity contribution in [2.75, 3.05) is 13.7 Å². The number of carboxylic acid groups (broad SMARTS) is 1. The third-order valence-electron chi connectivity index (χ3n) is 7.18. The Hall–Kier alpha value is -3.13. The van der Waals surface area contributed by atoms with Crippen LogP contribution in [0.25, 0.3) is 0 Å². The quantitative estimate of drug-likeness (QED) is 0.751. The molecule has 7 nitrogen and oxygen atoms in total. The van der Waals surface area contributed by atoms with Gasteiger partial charge in [-0.05, 0) is 44.9 Å². The van der Waals surface area contributed by atoms with Crippen molar-refractivity contribution in [3.05, 3.63) is 58.9 Å². The van der Waals surface area contributed by atoms with Gasteiger partial charge in [0.2, 0.25) is 0 Å². The summed E-state index contributed by atoms with van der Waals surface area (Å²) in [5.74, 6) is -1.58. The lowest BCUT2D eigenvalue weighted by Crippen LogP contribution is -2.54. The van der Waals surface area contributed by atoms with Crippen LogP contribution in [0.5, 0.6) is 11.5 Å². The first-order valence-electron chi connectivity index (χ1n) is 11.1. The number of nitrogens with zero attached hydrogens (tertiary/aromatic N) is 1. The Morgan fingerprint density at radius 3 is 2.70 bits per heavy atom. The summed E-state index contributed by atoms with van der Waals surface area (Å²) >= 11 is 0. The summed E-state index contributed by atoms with van der Waals surface area (Å²) in [6, 6.07) is 9.27. The maximum absolute atomic E-state index is 14.2. The molecule has 3 aliphatic rings. The molecule has 0 radical (unpaired) electrons. The van der Waals surface area contributed by atoms with Gasteiger partial charge in [0, 0.05) is 18.0 Å². The van der Waals surface area contributed by atoms with Crippen LogP contribution < -0.4 is 9.47 Å². The van der Waals surface area contributed by atoms with Crippen LogP contribution in [0.15, 0.2) is 36.4 Å². The number of carboxylic acids is 1. The number of fused-ring (bicyclic) bond motifs is 4. The molecule has 2 aromatic carbocycles. The number of amides is 1. The first-order valence-corrected chi connectivity index (χ1v) is 11.1. The van der Waals surface area contributed by atoms with Gasteiger partial charge in [-0.1, -0.05) is 18.2 Å². The third-order valence-corrected chi connectivity index (χ3v) is 7.18. The van der Waals surface area contributed by atoms with E-state index in [1.807, 2.05) is 32.0 Å². The minimum Gasteiger partial charge on any atom is -0.493 e. The Morgan fingerprint density at radius 2 is 1.97 bits per heavy atom. The second-order valence-corrected chi connectivity index (χ2v) is 9.34. The van der Waals surface area contributed by atoms with Crippen LogP contribution in [-0.2, 0) is 4.74 Å². The van der Waals surface area contributed by atoms with Crippen molar-refractivity contribution < 1.29 is 33.3 Å². The summed E-state index contributed by atoms with van der Waals surface area (Å²) in [5.41, 5.74) is -0.387. The standard InChI is InChI=1S/C25H26FNO6/c1-25(2)15-12-17-18(32-21(15)14-7-5-9-19(31-3)22(14)33-25)10-11-27(17)23(28)13-6-4-8-16(26)20(13)24(29)30/h4-9,15,17-18,21H,10-12H2,1-3H3,(H,29,30)/t15-,17+,18-,21+/m0/s1. The maximum Gasteiger partial charge on any atom is 0.339 e. The highest BCUT2D eigenvalue weighted by atomic mass is 19.1. The Bertz CT molecular complexity index is 1130. The van der Waals surface area contributed by atoms with E-state index in [0.717, 1.165) is 11.6 Å². The number of likely N-dealkylation sites (tertiary alicyclic amines) is 1. The van der Waals surface area contributed by atoms with Crippen LogP contribution >= 0.6 is 0 Å². The van der Waals surface area contributed by atoms with E-state index in [0.29, 0.717) is 30.9 Å². The number of aromatic carboxylic acids is 1. The molecule has 174 valence electrons. The van der Waals surface area contributed by atoms with Crippen molar-refractivity contribution in [2.45, 2.75) is 50.5 Å². The predicted octanol–water partition coefficient (Wildman–Crippen LogP) is 4.06. The van der Waals surface area contributed by atoms with E-state index in [2.05, 4.69) is 0 Å². The van der Waals surface area contributed by atoms with E-state index in [1.165, 1.54) is 12.1 Å². The summed E-state index contributed by atoms with van der Waals surface area (Å²) in [7, 11) is 1.61. The number of methoxy groups -OCH3 is 1. The molecule has 8 heteroatoms. The molecule has 0 aromatic heterocycles. The second-order valence-electron chi connectivity index (χ2n) is 9.34. The van der Waals surface area contributed by atoms with Gasteiger partial charge in [-0.2, -0.15) is 0 Å². The molecule has 0 saturated carbocycles. The minimum atomic E-state index is -1.46. The lowest BCUT2D eigenvalue weighted by molar-refractivity contribution is -0.160. The second kappa shape index (κ2) is 7.73. The highest BCUT2D eigenvalue weighted by Crippen LogP contribution is 2.54. The summed E-state index contributed by atoms with van der Waals surface area (Å²) in [5, 5.41) is 9.47. The lowest BCUT2D eigenvalue weighted by atomic mass is 9.74. The van der Waals surface area contributed by atoms with Crippen molar-refractivity contribution in [1.29, 1.82) is 0 Å². The van der Waals surface area contributed by atoms with E-state index in [-0.39, 0.29) is 29.7 Å². The fourth-order valence-corrected chi connectivity index (χ4v) is 5.56. The number of carbonyl (C=O) groups is 2. The van der Waals surface area contributed by atoms with Crippen molar-refractivity contribution in [3.63, 3.8) is 0 Å². The fourth-order valence-electron chi connectivity index (χ4n) is 5.56. The zero-order valence-corrected chi connectivity index (χ0v) is 18.7. The molecule has 5 rings (SSSR count). The first-order chi connectivity index (χ1) is 15.7. The van der Waals surface area contributed by atoms with E-state index >= 15 is 0 Å². The van der Waals surface area contributed by atoms with Gasteiger partial charge in [0.15, 0.2) is 11.5 Å². The van der Waals surface area contributed by atoms with Gasteiger partial charge in [-0.15, -0.1) is 0 Å². The van der Waals surface area contributed by atoms with Crippen molar-refractivity contribution >= 4 is 11.9 Å². The highest BCUT2D eigenvalue weighted by molar-refractivity contribution is 6.05. The van der Waals surface area contributed by atoms with Gasteiger partial charge in [0.1, 0.15) is 17.0 Å². The van der Waals surface area contributed by atoms with Gasteiger partial charge >= 0.3 is 5.97 Å². The largest absolute Gasteiger partial charge is 0.493 e. The molecule has 4 atom stereocenters. The van der Waals surface area contributed by atoms with Crippen LogP contribution in [0, 0.1) is 11.7 Å². The van der Waals surface area contributed by atoms with Gasteiger partial charge in [-0.25, -0.2) is 9.18 Å². The number of carbonyl (C=O) groups excluding carboxylic acids is 1. The number of para-hydroxylation sites is 1. The summed E-state index contributed by atoms with van der Waals surface area (Å²) in [6.45, 7) is 4.41. The number of halogens is 1. The van der Waals surface area contributed by atoms with E-state index in [9.17, 15) is 19.1 Å². The van der Waals surface area contributed by atoms with Crippen LogP contribution in [-0.4, -0.2) is 53.3 Å². The number of benzene rings is 2. The summed E-state index contributed by atoms with van der Waals surface area (Å²) in [6.07, 6.45) is 0.837. The molecule has 3 aliphatic heterocycles. The molecule has 1 amide bonds. The van der Waals surface area contributed by atoms with E-state index < -0.39 is 28.9 Å². The average molecular weight is 455 g/mol. The number of hydrogen-bond donors (Lipinski definition) is 1. The van der Waals surface area contributed by atoms with E-state index in [1.54, 1.807) is 12.0 Å². The van der Waals surface area contributed by atoms with Gasteiger partial charge in [0.05, 0.1) is 30.9 Å². The topological polar surface area (TPSA) is 85.3 Å². The number of ether oxygens (including phenoxy) is 3. The molecule has 0 aliphatic carbocycles. The Morgan fingerprint density at radius 1 is 1.21 bits per heavy atom. The Balaban J connectivity index is 1.48. The van der Waals surface area contributed by atoms with Crippen LogP contribution in [0.4, 0.5) is 4.39 Å². The van der Waals surface area contributed by atoms with Crippen molar-refractivity contribution in [2.24, 2.45) is 5.92 Å². The Kier molecular flexibility index (Phi) is 5.08. The van der Waals surface area contributed by atoms with Gasteiger partial charge < -0.3 is 24.2 Å². The smallest absolute Gasteiger partial charge is 0.339 e. The maximum atomic E-state index is 14.2. The predicted molar refractivity (Wildman–Crippen MR) is 116 cm³/mol. The SMILES string of the molecule is COc1cccc2c1OC(C)(C)[C@H]1C[C@@H]3[C@H](CCN3C(=O)c3cccc(F)c3C(=O)O)O[C@H]21. The molecule has 0 bridgehead atoms. The van der Waals surface area contributed by atoms with E-state index in [4.69, 9.17) is 14.2 Å². The first kappa shape index (κ1) is 21.7. The monoisotopic (exact) mass is 455 g/mol. The molecule has 0 spiro atoms. The molecule has 3 heterocycles. The molecular formula is C25H26FNO6. The zero-order chi connectivity index (χ0) is 23.5. The normalized spacial score (nSPS) is 27.1. The molecular weight excluding hydrogens is 429 g/mol. The van der Waals surface area contributed by atoms with Crippen LogP contribution in [0.2, 0.25) is 0 Å². The summed E-state index contributed by atoms with van der Waals surface area (Å²) in [4.78, 5) is 26.6. The van der Waals surface area contributed by atoms with Crippen molar-refractivity contribution in [3.8, 4) is 11.5 Å². The fraction of sp³-hybridized carbons (Fsp3) is 0.440. The van der Waals surface area contributed by atoms with Gasteiger partial charge in [0.25, 0.3) is 5.91 Å². The lowest BCUT2D eigenvalue weighted by Gasteiger charge is -2.50. The Labute approximate surface area is 191 Å². The number of rotatable bonds is 3.